The number of carbonyl (C=O) groups excluding carboxylic acids is 1. The molecule has 0 saturated heterocycles. The molecule has 0 spiro atoms. The highest BCUT2D eigenvalue weighted by atomic mass is 19.1. The van der Waals surface area contributed by atoms with E-state index in [1.807, 2.05) is 0 Å². The molecule has 0 saturated carbocycles. The van der Waals surface area contributed by atoms with Crippen molar-refractivity contribution in [2.24, 2.45) is 5.18 Å². The maximum atomic E-state index is 11.9. The number of carbonyl (C=O) groups is 1. The highest BCUT2D eigenvalue weighted by molar-refractivity contribution is 5.48. The van der Waals surface area contributed by atoms with Crippen molar-refractivity contribution in [3.05, 3.63) is 41.1 Å². The van der Waals surface area contributed by atoms with Crippen molar-refractivity contribution in [3.8, 4) is 0 Å². The Balaban J connectivity index is 0.000000241. The van der Waals surface area contributed by atoms with Crippen molar-refractivity contribution in [1.82, 2.24) is 0 Å². The van der Waals surface area contributed by atoms with Crippen molar-refractivity contribution < 1.29 is 9.18 Å². The first kappa shape index (κ1) is 12.4. The van der Waals surface area contributed by atoms with E-state index in [2.05, 4.69) is 5.18 Å². The van der Waals surface area contributed by atoms with E-state index in [0.717, 1.165) is 6.29 Å². The highest BCUT2D eigenvalue weighted by Gasteiger charge is 1.80. The van der Waals surface area contributed by atoms with Gasteiger partial charge in [-0.05, 0) is 18.6 Å². The predicted octanol–water partition coefficient (Wildman–Crippen LogP) is 2.56. The number of hydrogen-bond acceptors (Lipinski definition) is 3. The SMILES string of the molecule is Fc1ccccc1.O=CCCCN=O. The van der Waals surface area contributed by atoms with Crippen LogP contribution in [-0.2, 0) is 4.79 Å². The lowest BCUT2D eigenvalue weighted by atomic mass is 10.3. The Bertz CT molecular complexity index is 244. The summed E-state index contributed by atoms with van der Waals surface area (Å²) >= 11 is 0. The lowest BCUT2D eigenvalue weighted by Gasteiger charge is -1.78. The molecule has 14 heavy (non-hydrogen) atoms. The predicted molar refractivity (Wildman–Crippen MR) is 52.4 cm³/mol. The molecule has 0 aromatic heterocycles. The molecule has 0 radical (unpaired) electrons. The van der Waals surface area contributed by atoms with Crippen molar-refractivity contribution in [3.63, 3.8) is 0 Å². The molecule has 76 valence electrons. The van der Waals surface area contributed by atoms with E-state index in [0.29, 0.717) is 12.8 Å². The molecule has 0 aliphatic carbocycles. The molecule has 0 aliphatic rings. The smallest absolute Gasteiger partial charge is 0.123 e. The third-order valence-corrected chi connectivity index (χ3v) is 1.30. The third kappa shape index (κ3) is 8.52. The summed E-state index contributed by atoms with van der Waals surface area (Å²) in [4.78, 5) is 18.8. The largest absolute Gasteiger partial charge is 0.303 e. The zero-order valence-electron chi connectivity index (χ0n) is 7.73. The minimum absolute atomic E-state index is 0.178. The average molecular weight is 197 g/mol. The Labute approximate surface area is 81.9 Å². The number of halogens is 1. The van der Waals surface area contributed by atoms with Crippen LogP contribution < -0.4 is 0 Å². The van der Waals surface area contributed by atoms with E-state index < -0.39 is 0 Å². The van der Waals surface area contributed by atoms with Crippen LogP contribution in [0.5, 0.6) is 0 Å². The molecule has 0 heterocycles. The molecule has 0 unspecified atom stereocenters. The summed E-state index contributed by atoms with van der Waals surface area (Å²) < 4.78 is 11.9. The van der Waals surface area contributed by atoms with Crippen molar-refractivity contribution in [2.75, 3.05) is 6.54 Å². The second-order valence-corrected chi connectivity index (χ2v) is 2.46. The van der Waals surface area contributed by atoms with Crippen molar-refractivity contribution in [2.45, 2.75) is 12.8 Å². The van der Waals surface area contributed by atoms with Gasteiger partial charge in [0.25, 0.3) is 0 Å². The molecule has 1 aromatic rings. The van der Waals surface area contributed by atoms with Gasteiger partial charge in [-0.3, -0.25) is 0 Å². The molecule has 4 heteroatoms. The van der Waals surface area contributed by atoms with Crippen LogP contribution in [0.25, 0.3) is 0 Å². The van der Waals surface area contributed by atoms with E-state index in [4.69, 9.17) is 0 Å². The fraction of sp³-hybridized carbons (Fsp3) is 0.300. The fourth-order valence-electron chi connectivity index (χ4n) is 0.654. The standard InChI is InChI=1S/C6H5F.C4H7NO2/c7-6-4-2-1-3-5-6;6-4-2-1-3-5-7/h1-5H;4H,1-3H2. The Morgan fingerprint density at radius 1 is 1.29 bits per heavy atom. The van der Waals surface area contributed by atoms with Crippen LogP contribution in [0.2, 0.25) is 0 Å². The molecule has 0 amide bonds. The molecule has 0 bridgehead atoms. The molecule has 0 N–H and O–H groups in total. The topological polar surface area (TPSA) is 46.5 Å². The number of aldehydes is 1. The molecule has 1 aromatic carbocycles. The van der Waals surface area contributed by atoms with Gasteiger partial charge in [-0.2, -0.15) is 4.91 Å². The lowest BCUT2D eigenvalue weighted by Crippen LogP contribution is -1.78. The van der Waals surface area contributed by atoms with Gasteiger partial charge < -0.3 is 4.79 Å². The molecule has 0 atom stereocenters. The summed E-state index contributed by atoms with van der Waals surface area (Å²) in [5, 5.41) is 2.56. The molecular weight excluding hydrogens is 185 g/mol. The lowest BCUT2D eigenvalue weighted by molar-refractivity contribution is -0.107. The Hall–Kier alpha value is -1.58. The second-order valence-electron chi connectivity index (χ2n) is 2.46. The van der Waals surface area contributed by atoms with Gasteiger partial charge in [-0.15, -0.1) is 0 Å². The van der Waals surface area contributed by atoms with Crippen LogP contribution in [0, 0.1) is 10.7 Å². The quantitative estimate of drug-likeness (QED) is 0.423. The minimum Gasteiger partial charge on any atom is -0.303 e. The number of hydrogen-bond donors (Lipinski definition) is 0. The third-order valence-electron chi connectivity index (χ3n) is 1.30. The summed E-state index contributed by atoms with van der Waals surface area (Å²) in [6, 6.07) is 7.94. The van der Waals surface area contributed by atoms with Gasteiger partial charge >= 0.3 is 0 Å². The number of nitroso groups, excluding NO2 is 1. The van der Waals surface area contributed by atoms with Crippen LogP contribution in [0.3, 0.4) is 0 Å². The normalized spacial score (nSPS) is 8.36. The molecule has 0 aliphatic heterocycles. The summed E-state index contributed by atoms with van der Waals surface area (Å²) in [6.45, 7) is 0.263. The maximum Gasteiger partial charge on any atom is 0.123 e. The van der Waals surface area contributed by atoms with Crippen LogP contribution >= 0.6 is 0 Å². The van der Waals surface area contributed by atoms with Gasteiger partial charge in [0, 0.05) is 6.42 Å². The van der Waals surface area contributed by atoms with Crippen molar-refractivity contribution >= 4 is 6.29 Å². The van der Waals surface area contributed by atoms with E-state index in [9.17, 15) is 14.1 Å². The minimum atomic E-state index is -0.178. The van der Waals surface area contributed by atoms with Gasteiger partial charge in [0.05, 0.1) is 6.54 Å². The molecule has 0 fully saturated rings. The van der Waals surface area contributed by atoms with E-state index in [1.165, 1.54) is 12.1 Å². The zero-order chi connectivity index (χ0) is 10.6. The fourth-order valence-corrected chi connectivity index (χ4v) is 0.654. The van der Waals surface area contributed by atoms with Gasteiger partial charge in [0.2, 0.25) is 0 Å². The molecule has 3 nitrogen and oxygen atoms in total. The first-order valence-corrected chi connectivity index (χ1v) is 4.24. The van der Waals surface area contributed by atoms with Crippen LogP contribution in [0.4, 0.5) is 4.39 Å². The summed E-state index contributed by atoms with van der Waals surface area (Å²) in [5.74, 6) is -0.178. The number of benzene rings is 1. The molecular formula is C10H12FNO2. The maximum absolute atomic E-state index is 11.9. The Kier molecular flexibility index (Phi) is 8.43. The van der Waals surface area contributed by atoms with Gasteiger partial charge in [0.1, 0.15) is 12.1 Å². The van der Waals surface area contributed by atoms with E-state index >= 15 is 0 Å². The Morgan fingerprint density at radius 2 is 1.93 bits per heavy atom. The van der Waals surface area contributed by atoms with Gasteiger partial charge in [-0.1, -0.05) is 23.4 Å². The van der Waals surface area contributed by atoms with E-state index in [1.54, 1.807) is 18.2 Å². The number of nitrogens with zero attached hydrogens (tertiary/aromatic N) is 1. The van der Waals surface area contributed by atoms with Crippen LogP contribution in [0.15, 0.2) is 35.5 Å². The number of unbranched alkanes of at least 4 members (excludes halogenated alkanes) is 1. The van der Waals surface area contributed by atoms with Crippen LogP contribution in [-0.4, -0.2) is 12.8 Å². The summed E-state index contributed by atoms with van der Waals surface area (Å²) in [7, 11) is 0. The van der Waals surface area contributed by atoms with Crippen molar-refractivity contribution in [1.29, 1.82) is 0 Å². The summed E-state index contributed by atoms with van der Waals surface area (Å²) in [6.07, 6.45) is 1.82. The first-order valence-electron chi connectivity index (χ1n) is 4.24. The van der Waals surface area contributed by atoms with Crippen LogP contribution in [0.1, 0.15) is 12.8 Å². The average Bonchev–Trinajstić information content (AvgIpc) is 2.21. The second kappa shape index (κ2) is 9.51. The van der Waals surface area contributed by atoms with Gasteiger partial charge in [-0.25, -0.2) is 4.39 Å². The monoisotopic (exact) mass is 197 g/mol. The van der Waals surface area contributed by atoms with E-state index in [-0.39, 0.29) is 12.4 Å². The highest BCUT2D eigenvalue weighted by Crippen LogP contribution is 1.91. The van der Waals surface area contributed by atoms with Gasteiger partial charge in [0.15, 0.2) is 0 Å². The zero-order valence-corrected chi connectivity index (χ0v) is 7.73. The summed E-state index contributed by atoms with van der Waals surface area (Å²) in [5.41, 5.74) is 0. The number of rotatable bonds is 4. The first-order chi connectivity index (χ1) is 6.81. The molecule has 1 rings (SSSR count). The Morgan fingerprint density at radius 3 is 2.29 bits per heavy atom.